The minimum atomic E-state index is -0.553. The lowest BCUT2D eigenvalue weighted by Crippen LogP contribution is -2.15. The molecule has 1 aromatic heterocycles. The maximum absolute atomic E-state index is 11.7. The lowest BCUT2D eigenvalue weighted by Gasteiger charge is -2.09. The number of nitrogens with zero attached hydrogens (tertiary/aromatic N) is 1. The SMILES string of the molecule is CC(C)OC(=O)C(=Cc1ccco1)CC[N+](=O)[O-]. The predicted molar refractivity (Wildman–Crippen MR) is 64.4 cm³/mol. The molecular formula is C12H15NO5. The summed E-state index contributed by atoms with van der Waals surface area (Å²) in [5.41, 5.74) is 0.232. The molecule has 0 atom stereocenters. The number of carbonyl (C=O) groups is 1. The summed E-state index contributed by atoms with van der Waals surface area (Å²) in [5.74, 6) is -0.0858. The van der Waals surface area contributed by atoms with Crippen molar-refractivity contribution in [3.63, 3.8) is 0 Å². The van der Waals surface area contributed by atoms with Gasteiger partial charge in [-0.15, -0.1) is 0 Å². The molecule has 0 fully saturated rings. The molecule has 1 heterocycles. The number of carbonyl (C=O) groups excluding carboxylic acids is 1. The van der Waals surface area contributed by atoms with Gasteiger partial charge in [0.05, 0.1) is 12.4 Å². The van der Waals surface area contributed by atoms with E-state index < -0.39 is 10.9 Å². The fraction of sp³-hybridized carbons (Fsp3) is 0.417. The average Bonchev–Trinajstić information content (AvgIpc) is 2.75. The van der Waals surface area contributed by atoms with Crippen LogP contribution in [-0.2, 0) is 9.53 Å². The Balaban J connectivity index is 2.80. The highest BCUT2D eigenvalue weighted by Gasteiger charge is 2.16. The van der Waals surface area contributed by atoms with Crippen molar-refractivity contribution < 1.29 is 18.9 Å². The van der Waals surface area contributed by atoms with E-state index in [2.05, 4.69) is 0 Å². The first-order chi connectivity index (χ1) is 8.49. The molecule has 6 nitrogen and oxygen atoms in total. The second-order valence-corrected chi connectivity index (χ2v) is 3.95. The molecule has 0 N–H and O–H groups in total. The minimum absolute atomic E-state index is 0.0131. The van der Waals surface area contributed by atoms with E-state index in [1.807, 2.05) is 0 Å². The summed E-state index contributed by atoms with van der Waals surface area (Å²) in [6.45, 7) is 3.12. The summed E-state index contributed by atoms with van der Waals surface area (Å²) in [7, 11) is 0. The Kier molecular flexibility index (Phi) is 5.10. The van der Waals surface area contributed by atoms with Crippen LogP contribution in [0.3, 0.4) is 0 Å². The molecule has 0 aliphatic carbocycles. The van der Waals surface area contributed by atoms with Crippen LogP contribution in [0.25, 0.3) is 6.08 Å². The Labute approximate surface area is 104 Å². The molecule has 0 aromatic carbocycles. The van der Waals surface area contributed by atoms with Gasteiger partial charge < -0.3 is 9.15 Å². The van der Waals surface area contributed by atoms with Crippen LogP contribution < -0.4 is 0 Å². The van der Waals surface area contributed by atoms with Gasteiger partial charge in [-0.05, 0) is 32.1 Å². The molecule has 6 heteroatoms. The lowest BCUT2D eigenvalue weighted by atomic mass is 10.1. The molecule has 0 bridgehead atoms. The number of hydrogen-bond acceptors (Lipinski definition) is 5. The van der Waals surface area contributed by atoms with E-state index in [1.165, 1.54) is 12.3 Å². The first kappa shape index (κ1) is 14.0. The summed E-state index contributed by atoms with van der Waals surface area (Å²) in [6.07, 6.45) is 2.67. The van der Waals surface area contributed by atoms with Crippen molar-refractivity contribution in [3.05, 3.63) is 39.8 Å². The molecule has 0 radical (unpaired) electrons. The number of hydrogen-bond donors (Lipinski definition) is 0. The van der Waals surface area contributed by atoms with E-state index >= 15 is 0 Å². The molecule has 18 heavy (non-hydrogen) atoms. The summed E-state index contributed by atoms with van der Waals surface area (Å²) in [6, 6.07) is 3.33. The Morgan fingerprint density at radius 3 is 2.83 bits per heavy atom. The molecule has 0 saturated carbocycles. The Bertz CT molecular complexity index is 433. The summed E-state index contributed by atoms with van der Waals surface area (Å²) in [5, 5.41) is 10.4. The summed E-state index contributed by atoms with van der Waals surface area (Å²) >= 11 is 0. The maximum atomic E-state index is 11.7. The number of ether oxygens (including phenoxy) is 1. The van der Waals surface area contributed by atoms with Crippen LogP contribution in [0.1, 0.15) is 26.0 Å². The van der Waals surface area contributed by atoms with Crippen LogP contribution in [0, 0.1) is 10.1 Å². The van der Waals surface area contributed by atoms with Gasteiger partial charge in [0, 0.05) is 16.9 Å². The fourth-order valence-corrected chi connectivity index (χ4v) is 1.28. The lowest BCUT2D eigenvalue weighted by molar-refractivity contribution is -0.479. The second kappa shape index (κ2) is 6.58. The van der Waals surface area contributed by atoms with Crippen LogP contribution in [0.4, 0.5) is 0 Å². The van der Waals surface area contributed by atoms with Crippen molar-refractivity contribution in [2.75, 3.05) is 6.54 Å². The number of nitro groups is 1. The molecule has 0 aliphatic heterocycles. The molecule has 1 aromatic rings. The van der Waals surface area contributed by atoms with Crippen LogP contribution >= 0.6 is 0 Å². The second-order valence-electron chi connectivity index (χ2n) is 3.95. The highest BCUT2D eigenvalue weighted by molar-refractivity contribution is 5.93. The molecule has 98 valence electrons. The zero-order chi connectivity index (χ0) is 13.5. The van der Waals surface area contributed by atoms with Gasteiger partial charge in [-0.2, -0.15) is 0 Å². The predicted octanol–water partition coefficient (Wildman–Crippen LogP) is 2.28. The van der Waals surface area contributed by atoms with Gasteiger partial charge in [0.15, 0.2) is 0 Å². The van der Waals surface area contributed by atoms with Gasteiger partial charge in [0.1, 0.15) is 5.76 Å². The van der Waals surface area contributed by atoms with E-state index in [0.29, 0.717) is 5.76 Å². The van der Waals surface area contributed by atoms with Gasteiger partial charge >= 0.3 is 5.97 Å². The third kappa shape index (κ3) is 4.82. The molecule has 0 saturated heterocycles. The van der Waals surface area contributed by atoms with Crippen molar-refractivity contribution in [1.29, 1.82) is 0 Å². The van der Waals surface area contributed by atoms with E-state index in [-0.39, 0.29) is 24.6 Å². The molecule has 0 spiro atoms. The van der Waals surface area contributed by atoms with E-state index in [0.717, 1.165) is 0 Å². The maximum Gasteiger partial charge on any atom is 0.334 e. The highest BCUT2D eigenvalue weighted by Crippen LogP contribution is 2.13. The summed E-state index contributed by atoms with van der Waals surface area (Å²) in [4.78, 5) is 21.6. The Morgan fingerprint density at radius 2 is 2.33 bits per heavy atom. The summed E-state index contributed by atoms with van der Waals surface area (Å²) < 4.78 is 10.1. The molecule has 0 aliphatic rings. The average molecular weight is 253 g/mol. The molecule has 0 unspecified atom stereocenters. The standard InChI is InChI=1S/C12H15NO5/c1-9(2)18-12(14)10(5-6-13(15)16)8-11-4-3-7-17-11/h3-4,7-9H,5-6H2,1-2H3. The third-order valence-electron chi connectivity index (χ3n) is 2.03. The van der Waals surface area contributed by atoms with E-state index in [1.54, 1.807) is 26.0 Å². The first-order valence-corrected chi connectivity index (χ1v) is 5.56. The zero-order valence-corrected chi connectivity index (χ0v) is 10.3. The normalized spacial score (nSPS) is 11.6. The number of esters is 1. The number of furan rings is 1. The first-order valence-electron chi connectivity index (χ1n) is 5.56. The fourth-order valence-electron chi connectivity index (χ4n) is 1.28. The van der Waals surface area contributed by atoms with Crippen molar-refractivity contribution in [2.45, 2.75) is 26.4 Å². The Hall–Kier alpha value is -2.11. The van der Waals surface area contributed by atoms with Crippen LogP contribution in [0.2, 0.25) is 0 Å². The van der Waals surface area contributed by atoms with Gasteiger partial charge in [0.2, 0.25) is 6.54 Å². The zero-order valence-electron chi connectivity index (χ0n) is 10.3. The topological polar surface area (TPSA) is 82.6 Å². The molecule has 1 rings (SSSR count). The van der Waals surface area contributed by atoms with Crippen molar-refractivity contribution >= 4 is 12.0 Å². The smallest absolute Gasteiger partial charge is 0.334 e. The quantitative estimate of drug-likeness (QED) is 0.336. The Morgan fingerprint density at radius 1 is 1.61 bits per heavy atom. The van der Waals surface area contributed by atoms with Gasteiger partial charge in [0.25, 0.3) is 0 Å². The third-order valence-corrected chi connectivity index (χ3v) is 2.03. The minimum Gasteiger partial charge on any atom is -0.465 e. The van der Waals surface area contributed by atoms with Gasteiger partial charge in [-0.3, -0.25) is 10.1 Å². The van der Waals surface area contributed by atoms with Crippen molar-refractivity contribution in [2.24, 2.45) is 0 Å². The van der Waals surface area contributed by atoms with E-state index in [9.17, 15) is 14.9 Å². The van der Waals surface area contributed by atoms with E-state index in [4.69, 9.17) is 9.15 Å². The van der Waals surface area contributed by atoms with Crippen LogP contribution in [0.15, 0.2) is 28.4 Å². The number of rotatable bonds is 6. The monoisotopic (exact) mass is 253 g/mol. The highest BCUT2D eigenvalue weighted by atomic mass is 16.6. The van der Waals surface area contributed by atoms with Crippen molar-refractivity contribution in [3.8, 4) is 0 Å². The van der Waals surface area contributed by atoms with Crippen LogP contribution in [0.5, 0.6) is 0 Å². The van der Waals surface area contributed by atoms with Gasteiger partial charge in [-0.1, -0.05) is 0 Å². The van der Waals surface area contributed by atoms with Crippen LogP contribution in [-0.4, -0.2) is 23.5 Å². The van der Waals surface area contributed by atoms with Gasteiger partial charge in [-0.25, -0.2) is 4.79 Å². The molecule has 0 amide bonds. The van der Waals surface area contributed by atoms with Crippen molar-refractivity contribution in [1.82, 2.24) is 0 Å². The largest absolute Gasteiger partial charge is 0.465 e. The molecular weight excluding hydrogens is 238 g/mol.